The molecule has 0 aliphatic rings. The first-order valence-electron chi connectivity index (χ1n) is 8.31. The van der Waals surface area contributed by atoms with Crippen molar-refractivity contribution in [2.24, 2.45) is 5.41 Å². The lowest BCUT2D eigenvalue weighted by molar-refractivity contribution is 0.0746. The lowest BCUT2D eigenvalue weighted by Gasteiger charge is -2.22. The summed E-state index contributed by atoms with van der Waals surface area (Å²) in [7, 11) is 0. The van der Waals surface area contributed by atoms with Crippen LogP contribution in [-0.4, -0.2) is 17.4 Å². The van der Waals surface area contributed by atoms with Crippen molar-refractivity contribution in [1.82, 2.24) is 4.90 Å². The van der Waals surface area contributed by atoms with E-state index in [2.05, 4.69) is 38.3 Å². The number of hydrogen-bond acceptors (Lipinski definition) is 3. The highest BCUT2D eigenvalue weighted by atomic mass is 32.1. The smallest absolute Gasteiger partial charge is 0.264 e. The topological polar surface area (TPSA) is 20.3 Å². The molecule has 0 aliphatic carbocycles. The lowest BCUT2D eigenvalue weighted by Crippen LogP contribution is -2.30. The number of carbonyl (C=O) groups is 1. The highest BCUT2D eigenvalue weighted by molar-refractivity contribution is 7.12. The second kappa shape index (κ2) is 8.65. The Labute approximate surface area is 148 Å². The molecule has 1 amide bonds. The number of rotatable bonds is 8. The van der Waals surface area contributed by atoms with Gasteiger partial charge in [-0.05, 0) is 41.1 Å². The van der Waals surface area contributed by atoms with E-state index in [1.54, 1.807) is 11.3 Å². The van der Waals surface area contributed by atoms with Crippen LogP contribution in [0.5, 0.6) is 0 Å². The van der Waals surface area contributed by atoms with Crippen LogP contribution in [0.3, 0.4) is 0 Å². The summed E-state index contributed by atoms with van der Waals surface area (Å²) >= 11 is 3.25. The molecule has 2 heterocycles. The van der Waals surface area contributed by atoms with Crippen molar-refractivity contribution in [3.05, 3.63) is 44.8 Å². The Kier molecular flexibility index (Phi) is 6.85. The molecule has 2 nitrogen and oxygen atoms in total. The number of carbonyl (C=O) groups excluding carboxylic acids is 1. The van der Waals surface area contributed by atoms with E-state index < -0.39 is 0 Å². The summed E-state index contributed by atoms with van der Waals surface area (Å²) in [6, 6.07) is 8.04. The highest BCUT2D eigenvalue weighted by Crippen LogP contribution is 2.23. The van der Waals surface area contributed by atoms with Gasteiger partial charge in [0.2, 0.25) is 0 Å². The zero-order chi connectivity index (χ0) is 16.7. The summed E-state index contributed by atoms with van der Waals surface area (Å²) < 4.78 is 0. The van der Waals surface area contributed by atoms with Gasteiger partial charge in [-0.15, -0.1) is 22.7 Å². The van der Waals surface area contributed by atoms with Gasteiger partial charge in [0.1, 0.15) is 0 Å². The van der Waals surface area contributed by atoms with Crippen LogP contribution in [0.1, 0.15) is 61.0 Å². The van der Waals surface area contributed by atoms with Crippen molar-refractivity contribution < 1.29 is 4.79 Å². The molecule has 0 aliphatic heterocycles. The van der Waals surface area contributed by atoms with E-state index in [4.69, 9.17) is 0 Å². The molecule has 0 radical (unpaired) electrons. The largest absolute Gasteiger partial charge is 0.333 e. The fraction of sp³-hybridized carbons (Fsp3) is 0.526. The predicted molar refractivity (Wildman–Crippen MR) is 101 cm³/mol. The van der Waals surface area contributed by atoms with E-state index in [1.807, 2.05) is 22.4 Å². The lowest BCUT2D eigenvalue weighted by atomic mass is 9.89. The molecule has 126 valence electrons. The quantitative estimate of drug-likeness (QED) is 0.531. The Bertz CT molecular complexity index is 567. The SMILES string of the molecule is CC(C)(C)CCCCCN(Cc1cccs1)C(=O)c1cccs1. The van der Waals surface area contributed by atoms with Gasteiger partial charge in [-0.25, -0.2) is 0 Å². The summed E-state index contributed by atoms with van der Waals surface area (Å²) in [5.41, 5.74) is 0.406. The minimum Gasteiger partial charge on any atom is -0.333 e. The molecule has 2 aromatic heterocycles. The molecule has 0 bridgehead atoms. The maximum atomic E-state index is 12.7. The van der Waals surface area contributed by atoms with Gasteiger partial charge in [0, 0.05) is 11.4 Å². The van der Waals surface area contributed by atoms with E-state index >= 15 is 0 Å². The van der Waals surface area contributed by atoms with E-state index in [0.29, 0.717) is 5.41 Å². The Morgan fingerprint density at radius 2 is 1.78 bits per heavy atom. The zero-order valence-electron chi connectivity index (χ0n) is 14.4. The van der Waals surface area contributed by atoms with Crippen LogP contribution in [0.2, 0.25) is 0 Å². The minimum atomic E-state index is 0.171. The number of unbranched alkanes of at least 4 members (excludes halogenated alkanes) is 2. The number of nitrogens with zero attached hydrogens (tertiary/aromatic N) is 1. The van der Waals surface area contributed by atoms with Crippen molar-refractivity contribution in [2.45, 2.75) is 53.0 Å². The van der Waals surface area contributed by atoms with Crippen LogP contribution in [0, 0.1) is 5.41 Å². The van der Waals surface area contributed by atoms with Crippen molar-refractivity contribution in [1.29, 1.82) is 0 Å². The molecule has 0 unspecified atom stereocenters. The molecule has 0 spiro atoms. The molecular weight excluding hydrogens is 322 g/mol. The standard InChI is InChI=1S/C19H27NOS2/c1-19(2,3)11-5-4-6-12-20(15-16-9-7-13-22-16)18(21)17-10-8-14-23-17/h7-10,13-14H,4-6,11-12,15H2,1-3H3. The average Bonchev–Trinajstić information content (AvgIpc) is 3.17. The van der Waals surface area contributed by atoms with E-state index in [-0.39, 0.29) is 5.91 Å². The van der Waals surface area contributed by atoms with Crippen molar-refractivity contribution in [3.8, 4) is 0 Å². The second-order valence-electron chi connectivity index (χ2n) is 7.15. The second-order valence-corrected chi connectivity index (χ2v) is 9.13. The third kappa shape index (κ3) is 6.48. The van der Waals surface area contributed by atoms with Gasteiger partial charge < -0.3 is 4.90 Å². The van der Waals surface area contributed by atoms with Gasteiger partial charge in [0.05, 0.1) is 11.4 Å². The normalized spacial score (nSPS) is 11.6. The Morgan fingerprint density at radius 1 is 1.04 bits per heavy atom. The van der Waals surface area contributed by atoms with Crippen LogP contribution >= 0.6 is 22.7 Å². The van der Waals surface area contributed by atoms with E-state index in [1.165, 1.54) is 35.5 Å². The summed E-state index contributed by atoms with van der Waals surface area (Å²) in [5, 5.41) is 4.05. The number of thiophene rings is 2. The molecule has 0 saturated carbocycles. The van der Waals surface area contributed by atoms with Crippen LogP contribution in [0.15, 0.2) is 35.0 Å². The van der Waals surface area contributed by atoms with Gasteiger partial charge in [0.15, 0.2) is 0 Å². The molecule has 4 heteroatoms. The minimum absolute atomic E-state index is 0.171. The first-order valence-corrected chi connectivity index (χ1v) is 10.1. The molecule has 23 heavy (non-hydrogen) atoms. The number of hydrogen-bond donors (Lipinski definition) is 0. The molecule has 0 saturated heterocycles. The van der Waals surface area contributed by atoms with Crippen LogP contribution < -0.4 is 0 Å². The van der Waals surface area contributed by atoms with Crippen molar-refractivity contribution in [2.75, 3.05) is 6.54 Å². The monoisotopic (exact) mass is 349 g/mol. The van der Waals surface area contributed by atoms with Gasteiger partial charge >= 0.3 is 0 Å². The molecular formula is C19H27NOS2. The van der Waals surface area contributed by atoms with Crippen molar-refractivity contribution >= 4 is 28.6 Å². The average molecular weight is 350 g/mol. The van der Waals surface area contributed by atoms with E-state index in [9.17, 15) is 4.79 Å². The van der Waals surface area contributed by atoms with Gasteiger partial charge in [-0.1, -0.05) is 45.7 Å². The van der Waals surface area contributed by atoms with Crippen LogP contribution in [0.25, 0.3) is 0 Å². The maximum Gasteiger partial charge on any atom is 0.264 e. The molecule has 2 aromatic rings. The summed E-state index contributed by atoms with van der Waals surface area (Å²) in [5.74, 6) is 0.171. The van der Waals surface area contributed by atoms with E-state index in [0.717, 1.165) is 24.4 Å². The Balaban J connectivity index is 1.87. The zero-order valence-corrected chi connectivity index (χ0v) is 16.0. The molecule has 2 rings (SSSR count). The molecule has 0 N–H and O–H groups in total. The Morgan fingerprint density at radius 3 is 2.39 bits per heavy atom. The first kappa shape index (κ1) is 18.2. The predicted octanol–water partition coefficient (Wildman–Crippen LogP) is 6.06. The highest BCUT2D eigenvalue weighted by Gasteiger charge is 2.17. The Hall–Kier alpha value is -1.13. The fourth-order valence-corrected chi connectivity index (χ4v) is 3.94. The van der Waals surface area contributed by atoms with Crippen molar-refractivity contribution in [3.63, 3.8) is 0 Å². The molecule has 0 fully saturated rings. The van der Waals surface area contributed by atoms with Gasteiger partial charge in [0.25, 0.3) is 5.91 Å². The number of amides is 1. The fourth-order valence-electron chi connectivity index (χ4n) is 2.53. The summed E-state index contributed by atoms with van der Waals surface area (Å²) in [6.45, 7) is 8.44. The third-order valence-corrected chi connectivity index (χ3v) is 5.52. The van der Waals surface area contributed by atoms with Gasteiger partial charge in [-0.2, -0.15) is 0 Å². The van der Waals surface area contributed by atoms with Crippen LogP contribution in [-0.2, 0) is 6.54 Å². The summed E-state index contributed by atoms with van der Waals surface area (Å²) in [6.07, 6.45) is 4.76. The first-order chi connectivity index (χ1) is 11.0. The maximum absolute atomic E-state index is 12.7. The third-order valence-electron chi connectivity index (χ3n) is 3.80. The molecule has 0 atom stereocenters. The molecule has 0 aromatic carbocycles. The van der Waals surface area contributed by atoms with Crippen LogP contribution in [0.4, 0.5) is 0 Å². The van der Waals surface area contributed by atoms with Gasteiger partial charge in [-0.3, -0.25) is 4.79 Å². The summed E-state index contributed by atoms with van der Waals surface area (Å²) in [4.78, 5) is 16.8.